The largest absolute Gasteiger partial charge is 0.356 e. The molecule has 7 nitrogen and oxygen atoms in total. The second kappa shape index (κ2) is 8.09. The molecule has 0 radical (unpaired) electrons. The monoisotopic (exact) mass is 345 g/mol. The van der Waals surface area contributed by atoms with Crippen LogP contribution in [0.5, 0.6) is 0 Å². The van der Waals surface area contributed by atoms with E-state index < -0.39 is 0 Å². The lowest BCUT2D eigenvalue weighted by Crippen LogP contribution is -2.30. The Morgan fingerprint density at radius 3 is 2.48 bits per heavy atom. The summed E-state index contributed by atoms with van der Waals surface area (Å²) in [7, 11) is 0. The predicted molar refractivity (Wildman–Crippen MR) is 96.7 cm³/mol. The molecule has 136 valence electrons. The van der Waals surface area contributed by atoms with E-state index in [4.69, 9.17) is 0 Å². The third-order valence-electron chi connectivity index (χ3n) is 4.52. The van der Waals surface area contributed by atoms with Crippen LogP contribution in [-0.4, -0.2) is 31.8 Å². The molecule has 0 atom stereocenters. The average molecular weight is 345 g/mol. The Balaban J connectivity index is 1.76. The molecule has 2 rings (SSSR count). The smallest absolute Gasteiger partial charge is 0.347 e. The maximum atomic E-state index is 12.0. The lowest BCUT2D eigenvalue weighted by atomic mass is 10.2. The fourth-order valence-electron chi connectivity index (χ4n) is 2.81. The molecule has 7 heteroatoms. The lowest BCUT2D eigenvalue weighted by molar-refractivity contribution is -0.121. The second-order valence-electron chi connectivity index (χ2n) is 6.45. The van der Waals surface area contributed by atoms with Gasteiger partial charge in [-0.25, -0.2) is 4.79 Å². The Morgan fingerprint density at radius 1 is 1.16 bits per heavy atom. The Labute approximate surface area is 148 Å². The molecule has 25 heavy (non-hydrogen) atoms. The second-order valence-corrected chi connectivity index (χ2v) is 6.45. The van der Waals surface area contributed by atoms with Crippen molar-refractivity contribution >= 4 is 5.91 Å². The Hall–Kier alpha value is -2.44. The highest BCUT2D eigenvalue weighted by Gasteiger charge is 2.08. The number of amides is 1. The highest BCUT2D eigenvalue weighted by Crippen LogP contribution is 2.10. The van der Waals surface area contributed by atoms with Gasteiger partial charge in [-0.2, -0.15) is 10.1 Å². The summed E-state index contributed by atoms with van der Waals surface area (Å²) in [5.74, 6) is -0.0589. The van der Waals surface area contributed by atoms with Crippen molar-refractivity contribution in [2.75, 3.05) is 6.54 Å². The van der Waals surface area contributed by atoms with Gasteiger partial charge in [-0.3, -0.25) is 14.0 Å². The number of nitrogens with one attached hydrogen (secondary N) is 1. The molecule has 2 aromatic heterocycles. The van der Waals surface area contributed by atoms with Gasteiger partial charge in [0, 0.05) is 43.1 Å². The van der Waals surface area contributed by atoms with Crippen LogP contribution in [0.2, 0.25) is 0 Å². The molecule has 0 saturated carbocycles. The molecule has 0 aliphatic heterocycles. The van der Waals surface area contributed by atoms with E-state index in [-0.39, 0.29) is 18.0 Å². The Morgan fingerprint density at radius 2 is 1.88 bits per heavy atom. The number of rotatable bonds is 7. The highest BCUT2D eigenvalue weighted by molar-refractivity contribution is 5.75. The van der Waals surface area contributed by atoms with Crippen molar-refractivity contribution in [3.8, 4) is 0 Å². The van der Waals surface area contributed by atoms with Crippen molar-refractivity contribution < 1.29 is 4.79 Å². The first-order valence-corrected chi connectivity index (χ1v) is 8.62. The average Bonchev–Trinajstić information content (AvgIpc) is 2.77. The van der Waals surface area contributed by atoms with Crippen LogP contribution in [0.25, 0.3) is 0 Å². The number of carbonyl (C=O) groups excluding carboxylic acids is 1. The fraction of sp³-hybridized carbons (Fsp3) is 0.556. The molecule has 0 saturated heterocycles. The van der Waals surface area contributed by atoms with Crippen LogP contribution in [0.3, 0.4) is 0 Å². The Bertz CT molecular complexity index is 820. The fourth-order valence-corrected chi connectivity index (χ4v) is 2.81. The van der Waals surface area contributed by atoms with Gasteiger partial charge in [-0.15, -0.1) is 0 Å². The third kappa shape index (κ3) is 4.78. The van der Waals surface area contributed by atoms with Gasteiger partial charge >= 0.3 is 5.69 Å². The summed E-state index contributed by atoms with van der Waals surface area (Å²) < 4.78 is 3.52. The molecule has 2 aromatic rings. The van der Waals surface area contributed by atoms with Crippen molar-refractivity contribution in [3.63, 3.8) is 0 Å². The quantitative estimate of drug-likeness (QED) is 0.773. The molecule has 0 aromatic carbocycles. The number of aromatic nitrogens is 4. The summed E-state index contributed by atoms with van der Waals surface area (Å²) in [5.41, 5.74) is 4.66. The number of carbonyl (C=O) groups is 1. The van der Waals surface area contributed by atoms with Crippen LogP contribution in [0.1, 0.15) is 41.2 Å². The first-order valence-electron chi connectivity index (χ1n) is 8.62. The van der Waals surface area contributed by atoms with Crippen molar-refractivity contribution in [3.05, 3.63) is 44.9 Å². The predicted octanol–water partition coefficient (Wildman–Crippen LogP) is 1.58. The number of hydrogen-bond acceptors (Lipinski definition) is 4. The molecule has 0 fully saturated rings. The maximum Gasteiger partial charge on any atom is 0.347 e. The van der Waals surface area contributed by atoms with Crippen molar-refractivity contribution in [1.29, 1.82) is 0 Å². The van der Waals surface area contributed by atoms with Crippen LogP contribution >= 0.6 is 0 Å². The first kappa shape index (κ1) is 18.9. The Kier molecular flexibility index (Phi) is 6.12. The van der Waals surface area contributed by atoms with E-state index in [1.165, 1.54) is 15.8 Å². The van der Waals surface area contributed by atoms with E-state index in [2.05, 4.69) is 29.2 Å². The maximum absolute atomic E-state index is 12.0. The van der Waals surface area contributed by atoms with E-state index in [0.717, 1.165) is 24.4 Å². The molecule has 0 unspecified atom stereocenters. The van der Waals surface area contributed by atoms with E-state index in [1.807, 2.05) is 24.6 Å². The first-order chi connectivity index (χ1) is 11.8. The molecule has 0 spiro atoms. The minimum absolute atomic E-state index is 0.0589. The summed E-state index contributed by atoms with van der Waals surface area (Å²) in [6, 6.07) is 1.84. The molecule has 0 aliphatic rings. The van der Waals surface area contributed by atoms with Crippen LogP contribution < -0.4 is 11.0 Å². The molecule has 1 amide bonds. The lowest BCUT2D eigenvalue weighted by Gasteiger charge is -2.10. The molecule has 2 heterocycles. The number of hydrogen-bond donors (Lipinski definition) is 1. The van der Waals surface area contributed by atoms with Crippen LogP contribution in [0.4, 0.5) is 0 Å². The van der Waals surface area contributed by atoms with E-state index in [1.54, 1.807) is 6.92 Å². The van der Waals surface area contributed by atoms with Gasteiger partial charge in [0.1, 0.15) is 0 Å². The number of aryl methyl sites for hydroxylation is 4. The minimum atomic E-state index is -0.301. The van der Waals surface area contributed by atoms with Gasteiger partial charge < -0.3 is 5.32 Å². The highest BCUT2D eigenvalue weighted by atomic mass is 16.2. The zero-order chi connectivity index (χ0) is 18.6. The van der Waals surface area contributed by atoms with E-state index in [9.17, 15) is 9.59 Å². The summed E-state index contributed by atoms with van der Waals surface area (Å²) >= 11 is 0. The van der Waals surface area contributed by atoms with Crippen LogP contribution in [-0.2, 0) is 17.9 Å². The normalized spacial score (nSPS) is 10.9. The topological polar surface area (TPSA) is 81.8 Å². The minimum Gasteiger partial charge on any atom is -0.356 e. The molecule has 0 bridgehead atoms. The van der Waals surface area contributed by atoms with Crippen LogP contribution in [0.15, 0.2) is 10.9 Å². The molecular formula is C18H27N5O2. The van der Waals surface area contributed by atoms with Gasteiger partial charge in [-0.05, 0) is 52.7 Å². The third-order valence-corrected chi connectivity index (χ3v) is 4.52. The zero-order valence-electron chi connectivity index (χ0n) is 15.7. The van der Waals surface area contributed by atoms with Gasteiger partial charge in [0.25, 0.3) is 0 Å². The van der Waals surface area contributed by atoms with Gasteiger partial charge in [-0.1, -0.05) is 0 Å². The molecule has 0 aliphatic carbocycles. The van der Waals surface area contributed by atoms with Crippen LogP contribution in [0, 0.1) is 34.6 Å². The standard InChI is InChI=1S/C18H27N5O2/c1-12-11-13(2)22(18(25)20-12)10-7-17(24)19-8-6-9-23-16(5)14(3)15(4)21-23/h11H,6-10H2,1-5H3,(H,19,24). The molecular weight excluding hydrogens is 318 g/mol. The summed E-state index contributed by atoms with van der Waals surface area (Å²) in [6.07, 6.45) is 1.09. The zero-order valence-corrected chi connectivity index (χ0v) is 15.7. The van der Waals surface area contributed by atoms with Gasteiger partial charge in [0.15, 0.2) is 0 Å². The summed E-state index contributed by atoms with van der Waals surface area (Å²) in [4.78, 5) is 27.7. The van der Waals surface area contributed by atoms with Gasteiger partial charge in [0.2, 0.25) is 5.91 Å². The number of nitrogens with zero attached hydrogens (tertiary/aromatic N) is 4. The summed E-state index contributed by atoms with van der Waals surface area (Å²) in [5, 5.41) is 7.39. The van der Waals surface area contributed by atoms with Gasteiger partial charge in [0.05, 0.1) is 5.69 Å². The SMILES string of the molecule is Cc1cc(C)n(CCC(=O)NCCCn2nc(C)c(C)c2C)c(=O)n1. The summed E-state index contributed by atoms with van der Waals surface area (Å²) in [6.45, 7) is 11.5. The van der Waals surface area contributed by atoms with Crippen molar-refractivity contribution in [2.45, 2.75) is 60.5 Å². The van der Waals surface area contributed by atoms with E-state index >= 15 is 0 Å². The molecule has 1 N–H and O–H groups in total. The van der Waals surface area contributed by atoms with Crippen molar-refractivity contribution in [1.82, 2.24) is 24.6 Å². The van der Waals surface area contributed by atoms with Crippen molar-refractivity contribution in [2.24, 2.45) is 0 Å². The van der Waals surface area contributed by atoms with E-state index in [0.29, 0.717) is 18.8 Å².